The van der Waals surface area contributed by atoms with E-state index in [0.29, 0.717) is 5.76 Å². The Kier molecular flexibility index (Phi) is 4.31. The van der Waals surface area contributed by atoms with Crippen molar-refractivity contribution in [2.45, 2.75) is 13.3 Å². The minimum absolute atomic E-state index is 0.0787. The van der Waals surface area contributed by atoms with Crippen molar-refractivity contribution < 1.29 is 24.0 Å². The van der Waals surface area contributed by atoms with Gasteiger partial charge in [0.1, 0.15) is 5.76 Å². The summed E-state index contributed by atoms with van der Waals surface area (Å²) >= 11 is 0. The smallest absolute Gasteiger partial charge is 0.305 e. The van der Waals surface area contributed by atoms with Crippen LogP contribution in [0.15, 0.2) is 10.6 Å². The third-order valence-corrected chi connectivity index (χ3v) is 1.62. The number of carboxylic acid groups (broad SMARTS) is 1. The average Bonchev–Trinajstić information content (AvgIpc) is 2.61. The van der Waals surface area contributed by atoms with E-state index >= 15 is 0 Å². The Bertz CT molecular complexity index is 374. The van der Waals surface area contributed by atoms with Crippen LogP contribution in [0.3, 0.4) is 0 Å². The van der Waals surface area contributed by atoms with E-state index in [1.807, 2.05) is 0 Å². The quantitative estimate of drug-likeness (QED) is 0.708. The summed E-state index contributed by atoms with van der Waals surface area (Å²) in [6, 6.07) is 1.55. The highest BCUT2D eigenvalue weighted by molar-refractivity contribution is 5.78. The number of rotatable bonds is 6. The van der Waals surface area contributed by atoms with Crippen molar-refractivity contribution in [3.8, 4) is 5.88 Å². The molecule has 2 N–H and O–H groups in total. The number of aryl methyl sites for hydroxylation is 1. The van der Waals surface area contributed by atoms with Crippen LogP contribution in [-0.2, 0) is 9.59 Å². The molecule has 0 radical (unpaired) electrons. The number of aromatic nitrogens is 1. The predicted octanol–water partition coefficient (Wildman–Crippen LogP) is -0.0473. The second kappa shape index (κ2) is 5.74. The lowest BCUT2D eigenvalue weighted by Gasteiger charge is -2.03. The molecule has 1 heterocycles. The van der Waals surface area contributed by atoms with Crippen LogP contribution in [0.1, 0.15) is 12.2 Å². The Morgan fingerprint density at radius 1 is 1.62 bits per heavy atom. The highest BCUT2D eigenvalue weighted by atomic mass is 16.5. The van der Waals surface area contributed by atoms with Gasteiger partial charge in [0.2, 0.25) is 0 Å². The van der Waals surface area contributed by atoms with Crippen molar-refractivity contribution in [3.05, 3.63) is 11.8 Å². The molecule has 0 atom stereocenters. The summed E-state index contributed by atoms with van der Waals surface area (Å²) in [7, 11) is 0. The molecule has 0 aliphatic heterocycles. The summed E-state index contributed by atoms with van der Waals surface area (Å²) in [6.45, 7) is 1.56. The zero-order valence-electron chi connectivity index (χ0n) is 8.73. The molecule has 7 nitrogen and oxygen atoms in total. The monoisotopic (exact) mass is 228 g/mol. The molecule has 0 saturated carbocycles. The first-order valence-electron chi connectivity index (χ1n) is 4.62. The standard InChI is InChI=1S/C9H12N2O5/c1-6-4-8(11-16-6)15-5-7(12)10-3-2-9(13)14/h4H,2-3,5H2,1H3,(H,10,12)(H,13,14). The molecule has 16 heavy (non-hydrogen) atoms. The highest BCUT2D eigenvalue weighted by Crippen LogP contribution is 2.08. The van der Waals surface area contributed by atoms with Crippen LogP contribution >= 0.6 is 0 Å². The Balaban J connectivity index is 2.17. The second-order valence-corrected chi connectivity index (χ2v) is 3.06. The number of hydrogen-bond donors (Lipinski definition) is 2. The van der Waals surface area contributed by atoms with E-state index in [1.165, 1.54) is 0 Å². The van der Waals surface area contributed by atoms with Gasteiger partial charge in [0, 0.05) is 12.6 Å². The van der Waals surface area contributed by atoms with E-state index < -0.39 is 11.9 Å². The van der Waals surface area contributed by atoms with Gasteiger partial charge in [-0.25, -0.2) is 0 Å². The molecule has 88 valence electrons. The fourth-order valence-corrected chi connectivity index (χ4v) is 0.911. The first-order valence-corrected chi connectivity index (χ1v) is 4.62. The van der Waals surface area contributed by atoms with Gasteiger partial charge in [-0.15, -0.1) is 0 Å². The first kappa shape index (κ1) is 12.0. The lowest BCUT2D eigenvalue weighted by atomic mass is 10.4. The van der Waals surface area contributed by atoms with Gasteiger partial charge in [0.05, 0.1) is 6.42 Å². The molecule has 7 heteroatoms. The number of carbonyl (C=O) groups is 2. The molecule has 0 aromatic carbocycles. The SMILES string of the molecule is Cc1cc(OCC(=O)NCCC(=O)O)no1. The van der Waals surface area contributed by atoms with Gasteiger partial charge >= 0.3 is 5.97 Å². The summed E-state index contributed by atoms with van der Waals surface area (Å²) in [4.78, 5) is 21.3. The van der Waals surface area contributed by atoms with Crippen molar-refractivity contribution in [2.24, 2.45) is 0 Å². The van der Waals surface area contributed by atoms with Gasteiger partial charge in [-0.3, -0.25) is 9.59 Å². The third kappa shape index (κ3) is 4.45. The topological polar surface area (TPSA) is 102 Å². The Morgan fingerprint density at radius 2 is 2.38 bits per heavy atom. The van der Waals surface area contributed by atoms with E-state index in [0.717, 1.165) is 0 Å². The summed E-state index contributed by atoms with van der Waals surface area (Å²) < 4.78 is 9.71. The number of carboxylic acids is 1. The molecular weight excluding hydrogens is 216 g/mol. The molecule has 0 aliphatic rings. The number of amides is 1. The van der Waals surface area contributed by atoms with E-state index in [9.17, 15) is 9.59 Å². The van der Waals surface area contributed by atoms with Gasteiger partial charge in [-0.1, -0.05) is 0 Å². The molecule has 1 aromatic heterocycles. The summed E-state index contributed by atoms with van der Waals surface area (Å²) in [6.07, 6.45) is -0.116. The molecule has 0 unspecified atom stereocenters. The molecule has 1 amide bonds. The lowest BCUT2D eigenvalue weighted by molar-refractivity contribution is -0.137. The van der Waals surface area contributed by atoms with E-state index in [1.54, 1.807) is 13.0 Å². The van der Waals surface area contributed by atoms with Crippen LogP contribution < -0.4 is 10.1 Å². The molecule has 0 saturated heterocycles. The Labute approximate surface area is 91.4 Å². The number of nitrogens with one attached hydrogen (secondary N) is 1. The molecular formula is C9H12N2O5. The molecule has 0 aliphatic carbocycles. The number of ether oxygens (including phenoxy) is 1. The summed E-state index contributed by atoms with van der Waals surface area (Å²) in [5.74, 6) is -0.553. The molecule has 1 aromatic rings. The largest absolute Gasteiger partial charge is 0.481 e. The molecule has 0 spiro atoms. The second-order valence-electron chi connectivity index (χ2n) is 3.06. The van der Waals surface area contributed by atoms with E-state index in [2.05, 4.69) is 10.5 Å². The van der Waals surface area contributed by atoms with Crippen molar-refractivity contribution >= 4 is 11.9 Å². The van der Waals surface area contributed by atoms with Crippen molar-refractivity contribution in [1.82, 2.24) is 10.5 Å². The zero-order valence-corrected chi connectivity index (χ0v) is 8.73. The first-order chi connectivity index (χ1) is 7.58. The number of aliphatic carboxylic acids is 1. The van der Waals surface area contributed by atoms with Gasteiger partial charge in [0.25, 0.3) is 11.8 Å². The van der Waals surface area contributed by atoms with Crippen molar-refractivity contribution in [2.75, 3.05) is 13.2 Å². The number of carbonyl (C=O) groups excluding carboxylic acids is 1. The van der Waals surface area contributed by atoms with Crippen LogP contribution in [-0.4, -0.2) is 35.3 Å². The van der Waals surface area contributed by atoms with E-state index in [4.69, 9.17) is 14.4 Å². The van der Waals surface area contributed by atoms with Crippen LogP contribution in [0.2, 0.25) is 0 Å². The zero-order chi connectivity index (χ0) is 12.0. The van der Waals surface area contributed by atoms with Gasteiger partial charge in [-0.2, -0.15) is 0 Å². The van der Waals surface area contributed by atoms with Gasteiger partial charge in [-0.05, 0) is 12.1 Å². The molecule has 0 bridgehead atoms. The van der Waals surface area contributed by atoms with Crippen LogP contribution in [0.25, 0.3) is 0 Å². The minimum Gasteiger partial charge on any atom is -0.481 e. The number of nitrogens with zero attached hydrogens (tertiary/aromatic N) is 1. The maximum absolute atomic E-state index is 11.1. The molecule has 1 rings (SSSR count). The fraction of sp³-hybridized carbons (Fsp3) is 0.444. The average molecular weight is 228 g/mol. The maximum Gasteiger partial charge on any atom is 0.305 e. The number of hydrogen-bond acceptors (Lipinski definition) is 5. The normalized spacial score (nSPS) is 9.81. The van der Waals surface area contributed by atoms with Gasteiger partial charge in [0.15, 0.2) is 6.61 Å². The van der Waals surface area contributed by atoms with Crippen LogP contribution in [0.5, 0.6) is 5.88 Å². The van der Waals surface area contributed by atoms with Crippen molar-refractivity contribution in [1.29, 1.82) is 0 Å². The maximum atomic E-state index is 11.1. The highest BCUT2D eigenvalue weighted by Gasteiger charge is 2.06. The van der Waals surface area contributed by atoms with Crippen molar-refractivity contribution in [3.63, 3.8) is 0 Å². The summed E-state index contributed by atoms with van der Waals surface area (Å²) in [5.41, 5.74) is 0. The predicted molar refractivity (Wildman–Crippen MR) is 52.0 cm³/mol. The Hall–Kier alpha value is -2.05. The van der Waals surface area contributed by atoms with Crippen LogP contribution in [0, 0.1) is 6.92 Å². The van der Waals surface area contributed by atoms with E-state index in [-0.39, 0.29) is 25.5 Å². The lowest BCUT2D eigenvalue weighted by Crippen LogP contribution is -2.30. The minimum atomic E-state index is -0.964. The Morgan fingerprint density at radius 3 is 2.94 bits per heavy atom. The fourth-order valence-electron chi connectivity index (χ4n) is 0.911. The molecule has 0 fully saturated rings. The summed E-state index contributed by atoms with van der Waals surface area (Å²) in [5, 5.41) is 14.2. The third-order valence-electron chi connectivity index (χ3n) is 1.62. The van der Waals surface area contributed by atoms with Crippen LogP contribution in [0.4, 0.5) is 0 Å². The van der Waals surface area contributed by atoms with Gasteiger partial charge < -0.3 is 19.7 Å².